The molecule has 0 spiro atoms. The van der Waals surface area contributed by atoms with E-state index in [2.05, 4.69) is 13.8 Å². The average molecular weight is 206 g/mol. The first-order valence-electron chi connectivity index (χ1n) is 3.07. The fourth-order valence-electron chi connectivity index (χ4n) is 0.656. The van der Waals surface area contributed by atoms with Gasteiger partial charge in [0.15, 0.2) is 5.56 Å². The number of nitrogens with zero attached hydrogens (tertiary/aromatic N) is 2. The van der Waals surface area contributed by atoms with E-state index in [0.717, 1.165) is 0 Å². The molecule has 0 N–H and O–H groups in total. The van der Waals surface area contributed by atoms with Crippen molar-refractivity contribution in [2.24, 2.45) is 0 Å². The summed E-state index contributed by atoms with van der Waals surface area (Å²) in [4.78, 5) is 0. The number of aromatic nitrogens is 1. The number of hydrogen-bond acceptors (Lipinski definition) is 5. The summed E-state index contributed by atoms with van der Waals surface area (Å²) in [5.41, 5.74) is -0.104. The fourth-order valence-corrected chi connectivity index (χ4v) is 1.33. The number of halogens is 2. The van der Waals surface area contributed by atoms with Gasteiger partial charge in [-0.3, -0.25) is 0 Å². The first kappa shape index (κ1) is 9.67. The maximum atomic E-state index is 11.8. The zero-order valence-corrected chi connectivity index (χ0v) is 7.27. The Morgan fingerprint density at radius 2 is 2.31 bits per heavy atom. The summed E-state index contributed by atoms with van der Waals surface area (Å²) < 4.78 is 35.8. The molecule has 1 aromatic heterocycles. The molecule has 0 bridgehead atoms. The van der Waals surface area contributed by atoms with E-state index in [1.807, 2.05) is 0 Å². The Morgan fingerprint density at radius 1 is 1.62 bits per heavy atom. The molecule has 0 aliphatic rings. The van der Waals surface area contributed by atoms with Gasteiger partial charge in [-0.2, -0.15) is 18.4 Å². The molecule has 0 aromatic carbocycles. The van der Waals surface area contributed by atoms with Crippen molar-refractivity contribution in [3.05, 3.63) is 5.56 Å². The summed E-state index contributed by atoms with van der Waals surface area (Å²) in [6.45, 7) is -2.96. The van der Waals surface area contributed by atoms with Gasteiger partial charge in [0, 0.05) is 11.5 Å². The fraction of sp³-hybridized carbons (Fsp3) is 0.333. The highest BCUT2D eigenvalue weighted by Crippen LogP contribution is 2.32. The van der Waals surface area contributed by atoms with Crippen molar-refractivity contribution >= 4 is 11.5 Å². The molecule has 0 aliphatic heterocycles. The quantitative estimate of drug-likeness (QED) is 0.754. The van der Waals surface area contributed by atoms with Crippen LogP contribution in [0, 0.1) is 11.3 Å². The average Bonchev–Trinajstić information content (AvgIpc) is 2.45. The van der Waals surface area contributed by atoms with Crippen LogP contribution < -0.4 is 9.47 Å². The minimum atomic E-state index is -2.96. The van der Waals surface area contributed by atoms with Crippen molar-refractivity contribution in [3.8, 4) is 17.0 Å². The number of hydrogen-bond donors (Lipinski definition) is 0. The van der Waals surface area contributed by atoms with E-state index in [-0.39, 0.29) is 16.5 Å². The third-order valence-corrected chi connectivity index (χ3v) is 1.85. The molecule has 0 saturated carbocycles. The van der Waals surface area contributed by atoms with Crippen molar-refractivity contribution in [3.63, 3.8) is 0 Å². The summed E-state index contributed by atoms with van der Waals surface area (Å²) in [6.07, 6.45) is 0. The molecular weight excluding hydrogens is 202 g/mol. The molecule has 0 aliphatic carbocycles. The van der Waals surface area contributed by atoms with Crippen molar-refractivity contribution in [2.75, 3.05) is 7.11 Å². The monoisotopic (exact) mass is 206 g/mol. The van der Waals surface area contributed by atoms with E-state index >= 15 is 0 Å². The summed E-state index contributed by atoms with van der Waals surface area (Å²) in [7, 11) is 1.29. The maximum absolute atomic E-state index is 11.8. The van der Waals surface area contributed by atoms with Gasteiger partial charge in [0.2, 0.25) is 10.9 Å². The number of alkyl halides is 2. The Morgan fingerprint density at radius 3 is 2.77 bits per heavy atom. The molecule has 7 heteroatoms. The molecule has 13 heavy (non-hydrogen) atoms. The second-order valence-electron chi connectivity index (χ2n) is 1.84. The molecule has 0 radical (unpaired) electrons. The number of ether oxygens (including phenoxy) is 2. The van der Waals surface area contributed by atoms with Gasteiger partial charge in [-0.25, -0.2) is 0 Å². The summed E-state index contributed by atoms with van der Waals surface area (Å²) >= 11 is 0.654. The lowest BCUT2D eigenvalue weighted by Gasteiger charge is -1.99. The SMILES string of the molecule is COc1nsc(OC(F)F)c1C#N. The smallest absolute Gasteiger partial charge is 0.388 e. The van der Waals surface area contributed by atoms with E-state index in [1.165, 1.54) is 7.11 Å². The van der Waals surface area contributed by atoms with Gasteiger partial charge in [0.25, 0.3) is 0 Å². The molecule has 0 amide bonds. The van der Waals surface area contributed by atoms with E-state index in [9.17, 15) is 8.78 Å². The van der Waals surface area contributed by atoms with Crippen molar-refractivity contribution in [1.82, 2.24) is 4.37 Å². The number of methoxy groups -OCH3 is 1. The maximum Gasteiger partial charge on any atom is 0.388 e. The third kappa shape index (κ3) is 2.03. The molecule has 4 nitrogen and oxygen atoms in total. The van der Waals surface area contributed by atoms with Crippen molar-refractivity contribution < 1.29 is 18.3 Å². The Balaban J connectivity index is 2.96. The Labute approximate surface area is 76.5 Å². The normalized spacial score (nSPS) is 9.77. The van der Waals surface area contributed by atoms with Crippen LogP contribution in [0.3, 0.4) is 0 Å². The Bertz CT molecular complexity index is 334. The second-order valence-corrected chi connectivity index (χ2v) is 2.58. The highest BCUT2D eigenvalue weighted by molar-refractivity contribution is 7.08. The van der Waals surface area contributed by atoms with Crippen LogP contribution in [0.25, 0.3) is 0 Å². The molecule has 0 atom stereocenters. The molecule has 70 valence electrons. The largest absolute Gasteiger partial charge is 0.479 e. The Hall–Kier alpha value is -1.42. The van der Waals surface area contributed by atoms with Gasteiger partial charge in [-0.1, -0.05) is 0 Å². The summed E-state index contributed by atoms with van der Waals surface area (Å²) in [5, 5.41) is 8.32. The molecular formula is C6H4F2N2O2S. The van der Waals surface area contributed by atoms with Crippen LogP contribution in [0.2, 0.25) is 0 Å². The predicted molar refractivity (Wildman–Crippen MR) is 40.0 cm³/mol. The predicted octanol–water partition coefficient (Wildman–Crippen LogP) is 1.62. The molecule has 0 saturated heterocycles. The van der Waals surface area contributed by atoms with Gasteiger partial charge in [0.1, 0.15) is 6.07 Å². The van der Waals surface area contributed by atoms with Gasteiger partial charge in [-0.15, -0.1) is 0 Å². The molecule has 1 rings (SSSR count). The highest BCUT2D eigenvalue weighted by Gasteiger charge is 2.18. The summed E-state index contributed by atoms with van der Waals surface area (Å²) in [6, 6.07) is 1.67. The molecule has 1 heterocycles. The summed E-state index contributed by atoms with van der Waals surface area (Å²) in [5.74, 6) is 0.00292. The van der Waals surface area contributed by atoms with Crippen LogP contribution in [0.1, 0.15) is 5.56 Å². The minimum absolute atomic E-state index is 0.00292. The molecule has 0 fully saturated rings. The van der Waals surface area contributed by atoms with E-state index < -0.39 is 6.61 Å². The van der Waals surface area contributed by atoms with Gasteiger partial charge in [0.05, 0.1) is 7.11 Å². The van der Waals surface area contributed by atoms with Gasteiger partial charge >= 0.3 is 6.61 Å². The molecule has 1 aromatic rings. The second kappa shape index (κ2) is 4.00. The molecule has 0 unspecified atom stereocenters. The third-order valence-electron chi connectivity index (χ3n) is 1.13. The number of rotatable bonds is 3. The van der Waals surface area contributed by atoms with E-state index in [4.69, 9.17) is 5.26 Å². The van der Waals surface area contributed by atoms with E-state index in [1.54, 1.807) is 6.07 Å². The lowest BCUT2D eigenvalue weighted by molar-refractivity contribution is -0.0474. The number of nitriles is 1. The van der Waals surface area contributed by atoms with Gasteiger partial charge in [-0.05, 0) is 0 Å². The lowest BCUT2D eigenvalue weighted by Crippen LogP contribution is -2.01. The zero-order valence-electron chi connectivity index (χ0n) is 6.45. The lowest BCUT2D eigenvalue weighted by atomic mass is 10.4. The van der Waals surface area contributed by atoms with Crippen LogP contribution >= 0.6 is 11.5 Å². The van der Waals surface area contributed by atoms with Crippen LogP contribution in [-0.2, 0) is 0 Å². The zero-order chi connectivity index (χ0) is 9.84. The topological polar surface area (TPSA) is 55.1 Å². The van der Waals surface area contributed by atoms with Crippen molar-refractivity contribution in [1.29, 1.82) is 5.26 Å². The Kier molecular flexibility index (Phi) is 2.97. The van der Waals surface area contributed by atoms with Gasteiger partial charge < -0.3 is 9.47 Å². The standard InChI is InChI=1S/C6H4F2N2O2S/c1-11-4-3(2-9)5(13-10-4)12-6(7)8/h6H,1H3. The van der Waals surface area contributed by atoms with Crippen LogP contribution in [0.4, 0.5) is 8.78 Å². The van der Waals surface area contributed by atoms with E-state index in [0.29, 0.717) is 11.5 Å². The van der Waals surface area contributed by atoms with Crippen molar-refractivity contribution in [2.45, 2.75) is 6.61 Å². The minimum Gasteiger partial charge on any atom is -0.479 e. The first-order valence-corrected chi connectivity index (χ1v) is 3.85. The highest BCUT2D eigenvalue weighted by atomic mass is 32.1. The first-order chi connectivity index (χ1) is 6.19. The van der Waals surface area contributed by atoms with Crippen LogP contribution in [-0.4, -0.2) is 18.1 Å². The van der Waals surface area contributed by atoms with Crippen LogP contribution in [0.15, 0.2) is 0 Å². The van der Waals surface area contributed by atoms with Crippen LogP contribution in [0.5, 0.6) is 10.9 Å².